The van der Waals surface area contributed by atoms with Gasteiger partial charge in [0.2, 0.25) is 11.8 Å². The molecule has 2 unspecified atom stereocenters. The van der Waals surface area contributed by atoms with E-state index < -0.39 is 6.10 Å². The van der Waals surface area contributed by atoms with Crippen LogP contribution in [-0.4, -0.2) is 53.4 Å². The number of carbonyl (C=O) groups excluding carboxylic acids is 3. The zero-order valence-corrected chi connectivity index (χ0v) is 19.8. The van der Waals surface area contributed by atoms with E-state index in [0.29, 0.717) is 37.8 Å². The maximum Gasteiger partial charge on any atom is 0.255 e. The molecule has 168 valence electrons. The van der Waals surface area contributed by atoms with Crippen molar-refractivity contribution >= 4 is 55.8 Å². The maximum atomic E-state index is 13.2. The normalized spacial score (nSPS) is 22.8. The number of thiazole rings is 1. The summed E-state index contributed by atoms with van der Waals surface area (Å²) in [5.41, 5.74) is 1.73. The molecule has 5 rings (SSSR count). The predicted octanol–water partition coefficient (Wildman–Crippen LogP) is 2.96. The molecule has 2 saturated heterocycles. The molecular formula is C22H23BrN4O4S. The fourth-order valence-electron chi connectivity index (χ4n) is 4.43. The zero-order valence-electron chi connectivity index (χ0n) is 17.4. The molecule has 10 heteroatoms. The fraction of sp³-hybridized carbons (Fsp3) is 0.455. The third-order valence-corrected chi connectivity index (χ3v) is 7.58. The lowest BCUT2D eigenvalue weighted by atomic mass is 10.1. The monoisotopic (exact) mass is 518 g/mol. The Morgan fingerprint density at radius 2 is 2.19 bits per heavy atom. The molecule has 0 spiro atoms. The molecule has 0 radical (unpaired) electrons. The molecule has 2 fully saturated rings. The average molecular weight is 519 g/mol. The first kappa shape index (κ1) is 21.5. The lowest BCUT2D eigenvalue weighted by molar-refractivity contribution is -0.136. The number of ether oxygens (including phenoxy) is 1. The molecule has 0 aliphatic carbocycles. The molecule has 2 aromatic rings. The van der Waals surface area contributed by atoms with Crippen LogP contribution < -0.4 is 10.2 Å². The molecular weight excluding hydrogens is 496 g/mol. The van der Waals surface area contributed by atoms with E-state index in [4.69, 9.17) is 4.74 Å². The van der Waals surface area contributed by atoms with E-state index in [0.717, 1.165) is 33.6 Å². The lowest BCUT2D eigenvalue weighted by Gasteiger charge is -2.28. The molecule has 2 atom stereocenters. The molecule has 1 N–H and O–H groups in total. The Morgan fingerprint density at radius 3 is 2.97 bits per heavy atom. The van der Waals surface area contributed by atoms with Crippen LogP contribution in [-0.2, 0) is 32.1 Å². The number of rotatable bonds is 4. The highest BCUT2D eigenvalue weighted by Gasteiger charge is 2.38. The number of carbonyl (C=O) groups is 3. The molecule has 4 heterocycles. The van der Waals surface area contributed by atoms with Crippen LogP contribution in [0.25, 0.3) is 0 Å². The largest absolute Gasteiger partial charge is 0.368 e. The Kier molecular flexibility index (Phi) is 6.00. The Bertz CT molecular complexity index is 1070. The van der Waals surface area contributed by atoms with E-state index >= 15 is 0 Å². The summed E-state index contributed by atoms with van der Waals surface area (Å²) >= 11 is 4.85. The van der Waals surface area contributed by atoms with Crippen LogP contribution >= 0.6 is 27.3 Å². The van der Waals surface area contributed by atoms with Gasteiger partial charge in [0.1, 0.15) is 6.10 Å². The number of benzene rings is 1. The van der Waals surface area contributed by atoms with Gasteiger partial charge in [-0.25, -0.2) is 4.98 Å². The van der Waals surface area contributed by atoms with Gasteiger partial charge in [-0.1, -0.05) is 33.3 Å². The zero-order chi connectivity index (χ0) is 22.2. The van der Waals surface area contributed by atoms with E-state index in [1.54, 1.807) is 4.90 Å². The number of amides is 3. The minimum absolute atomic E-state index is 0.000150. The first-order chi connectivity index (χ1) is 15.5. The van der Waals surface area contributed by atoms with Gasteiger partial charge < -0.3 is 14.5 Å². The van der Waals surface area contributed by atoms with Crippen LogP contribution in [0.3, 0.4) is 0 Å². The maximum absolute atomic E-state index is 13.2. The Balaban J connectivity index is 1.23. The highest BCUT2D eigenvalue weighted by atomic mass is 79.9. The summed E-state index contributed by atoms with van der Waals surface area (Å²) in [6, 6.07) is 7.56. The van der Waals surface area contributed by atoms with Gasteiger partial charge in [-0.3, -0.25) is 19.7 Å². The standard InChI is InChI=1S/C22H23BrN4O4S/c23-14-3-1-4-15(10-14)27-11-13(9-19(27)28)21(30)26-7-6-16-18(12-26)32-22(24-16)25-20(29)17-5-2-8-31-17/h1,3-4,10,13,17H,2,5-9,11-12H2,(H,24,25,29). The molecule has 0 bridgehead atoms. The van der Waals surface area contributed by atoms with Crippen molar-refractivity contribution in [1.82, 2.24) is 9.88 Å². The van der Waals surface area contributed by atoms with Crippen molar-refractivity contribution < 1.29 is 19.1 Å². The van der Waals surface area contributed by atoms with Crippen molar-refractivity contribution in [1.29, 1.82) is 0 Å². The highest BCUT2D eigenvalue weighted by molar-refractivity contribution is 9.10. The number of halogens is 1. The van der Waals surface area contributed by atoms with Gasteiger partial charge in [-0.15, -0.1) is 0 Å². The topological polar surface area (TPSA) is 91.8 Å². The molecule has 3 aliphatic rings. The Morgan fingerprint density at radius 1 is 1.31 bits per heavy atom. The van der Waals surface area contributed by atoms with Crippen molar-refractivity contribution in [2.45, 2.75) is 38.3 Å². The lowest BCUT2D eigenvalue weighted by Crippen LogP contribution is -2.40. The van der Waals surface area contributed by atoms with Crippen LogP contribution in [0.2, 0.25) is 0 Å². The molecule has 32 heavy (non-hydrogen) atoms. The molecule has 1 aromatic heterocycles. The molecule has 1 aromatic carbocycles. The first-order valence-electron chi connectivity index (χ1n) is 10.7. The number of fused-ring (bicyclic) bond motifs is 1. The number of anilines is 2. The van der Waals surface area contributed by atoms with Crippen LogP contribution in [0.4, 0.5) is 10.8 Å². The van der Waals surface area contributed by atoms with Gasteiger partial charge >= 0.3 is 0 Å². The minimum atomic E-state index is -0.401. The summed E-state index contributed by atoms with van der Waals surface area (Å²) in [6.45, 7) is 2.04. The van der Waals surface area contributed by atoms with E-state index in [2.05, 4.69) is 26.2 Å². The van der Waals surface area contributed by atoms with Gasteiger partial charge in [0, 0.05) is 47.6 Å². The van der Waals surface area contributed by atoms with E-state index in [1.807, 2.05) is 29.2 Å². The van der Waals surface area contributed by atoms with Crippen LogP contribution in [0.1, 0.15) is 29.8 Å². The molecule has 8 nitrogen and oxygen atoms in total. The first-order valence-corrected chi connectivity index (χ1v) is 12.3. The Labute approximate surface area is 198 Å². The summed E-state index contributed by atoms with van der Waals surface area (Å²) in [4.78, 5) is 47.1. The second kappa shape index (κ2) is 8.92. The van der Waals surface area contributed by atoms with Crippen molar-refractivity contribution in [3.63, 3.8) is 0 Å². The SMILES string of the molecule is O=C(Nc1nc2c(s1)CN(C(=O)C1CC(=O)N(c3cccc(Br)c3)C1)CC2)C1CCCO1. The van der Waals surface area contributed by atoms with Crippen molar-refractivity contribution in [3.8, 4) is 0 Å². The third-order valence-electron chi connectivity index (χ3n) is 6.09. The number of hydrogen-bond donors (Lipinski definition) is 1. The third kappa shape index (κ3) is 4.31. The van der Waals surface area contributed by atoms with Gasteiger partial charge in [0.05, 0.1) is 18.2 Å². The number of nitrogens with one attached hydrogen (secondary N) is 1. The molecule has 3 aliphatic heterocycles. The van der Waals surface area contributed by atoms with Gasteiger partial charge in [-0.05, 0) is 31.0 Å². The quantitative estimate of drug-likeness (QED) is 0.671. The fourth-order valence-corrected chi connectivity index (χ4v) is 5.85. The second-order valence-corrected chi connectivity index (χ2v) is 10.3. The Hall–Kier alpha value is -2.30. The number of nitrogens with zero attached hydrogens (tertiary/aromatic N) is 3. The minimum Gasteiger partial charge on any atom is -0.368 e. The molecule has 3 amide bonds. The summed E-state index contributed by atoms with van der Waals surface area (Å²) in [6.07, 6.45) is 2.09. The van der Waals surface area contributed by atoms with Crippen molar-refractivity contribution in [2.24, 2.45) is 5.92 Å². The number of hydrogen-bond acceptors (Lipinski definition) is 6. The van der Waals surface area contributed by atoms with Crippen LogP contribution in [0.15, 0.2) is 28.7 Å². The van der Waals surface area contributed by atoms with Gasteiger partial charge in [0.15, 0.2) is 5.13 Å². The second-order valence-electron chi connectivity index (χ2n) is 8.27. The van der Waals surface area contributed by atoms with E-state index in [9.17, 15) is 14.4 Å². The smallest absolute Gasteiger partial charge is 0.255 e. The number of aromatic nitrogens is 1. The van der Waals surface area contributed by atoms with Crippen molar-refractivity contribution in [2.75, 3.05) is 29.9 Å². The summed E-state index contributed by atoms with van der Waals surface area (Å²) in [7, 11) is 0. The van der Waals surface area contributed by atoms with Gasteiger partial charge in [-0.2, -0.15) is 0 Å². The summed E-state index contributed by atoms with van der Waals surface area (Å²) in [5.74, 6) is -0.538. The van der Waals surface area contributed by atoms with Crippen LogP contribution in [0.5, 0.6) is 0 Å². The summed E-state index contributed by atoms with van der Waals surface area (Å²) < 4.78 is 6.33. The van der Waals surface area contributed by atoms with E-state index in [-0.39, 0.29) is 30.1 Å². The van der Waals surface area contributed by atoms with E-state index in [1.165, 1.54) is 11.3 Å². The average Bonchev–Trinajstić information content (AvgIpc) is 3.52. The van der Waals surface area contributed by atoms with Crippen molar-refractivity contribution in [3.05, 3.63) is 39.3 Å². The van der Waals surface area contributed by atoms with Crippen LogP contribution in [0, 0.1) is 5.92 Å². The summed E-state index contributed by atoms with van der Waals surface area (Å²) in [5, 5.41) is 3.42. The highest BCUT2D eigenvalue weighted by Crippen LogP contribution is 2.32. The molecule has 0 saturated carbocycles. The van der Waals surface area contributed by atoms with Gasteiger partial charge in [0.25, 0.3) is 5.91 Å². The predicted molar refractivity (Wildman–Crippen MR) is 123 cm³/mol.